The van der Waals surface area contributed by atoms with Crippen LogP contribution in [0.2, 0.25) is 0 Å². The van der Waals surface area contributed by atoms with Gasteiger partial charge in [0.1, 0.15) is 17.4 Å². The molecule has 9 nitrogen and oxygen atoms in total. The largest absolute Gasteiger partial charge is 0.493 e. The van der Waals surface area contributed by atoms with Gasteiger partial charge in [-0.25, -0.2) is 14.1 Å². The summed E-state index contributed by atoms with van der Waals surface area (Å²) in [5.74, 6) is -0.378. The number of rotatable bonds is 10. The fourth-order valence-corrected chi connectivity index (χ4v) is 4.11. The Balaban J connectivity index is 2.00. The van der Waals surface area contributed by atoms with Crippen LogP contribution in [0.5, 0.6) is 5.75 Å². The fourth-order valence-electron chi connectivity index (χ4n) is 3.23. The lowest BCUT2D eigenvalue weighted by Crippen LogP contribution is -2.33. The van der Waals surface area contributed by atoms with Crippen molar-refractivity contribution in [1.29, 1.82) is 0 Å². The number of aromatic nitrogens is 3. The number of anilines is 1. The number of ether oxygens (including phenoxy) is 1. The molecule has 182 valence electrons. The molecule has 0 saturated carbocycles. The van der Waals surface area contributed by atoms with E-state index in [4.69, 9.17) is 4.74 Å². The van der Waals surface area contributed by atoms with Crippen molar-refractivity contribution in [3.05, 3.63) is 54.0 Å². The minimum atomic E-state index is -4.14. The van der Waals surface area contributed by atoms with E-state index in [1.54, 1.807) is 12.1 Å². The third-order valence-corrected chi connectivity index (χ3v) is 6.19. The van der Waals surface area contributed by atoms with Crippen LogP contribution in [-0.2, 0) is 10.0 Å². The average molecular weight is 490 g/mol. The molecule has 3 aromatic rings. The summed E-state index contributed by atoms with van der Waals surface area (Å²) in [5.41, 5.74) is 0.969. The predicted octanol–water partition coefficient (Wildman–Crippen LogP) is 3.61. The molecule has 0 atom stereocenters. The lowest BCUT2D eigenvalue weighted by Gasteiger charge is -2.23. The Morgan fingerprint density at radius 3 is 2.53 bits per heavy atom. The van der Waals surface area contributed by atoms with Crippen LogP contribution in [0.1, 0.15) is 38.1 Å². The van der Waals surface area contributed by atoms with Gasteiger partial charge < -0.3 is 9.64 Å². The van der Waals surface area contributed by atoms with E-state index in [1.165, 1.54) is 30.5 Å². The number of carbonyl (C=O) groups is 1. The fraction of sp³-hybridized carbons (Fsp3) is 0.348. The van der Waals surface area contributed by atoms with Crippen LogP contribution in [-0.4, -0.2) is 49.2 Å². The summed E-state index contributed by atoms with van der Waals surface area (Å²) in [7, 11) is -4.14. The monoisotopic (exact) mass is 489 g/mol. The van der Waals surface area contributed by atoms with Crippen molar-refractivity contribution in [2.24, 2.45) is 5.92 Å². The van der Waals surface area contributed by atoms with E-state index >= 15 is 0 Å². The van der Waals surface area contributed by atoms with E-state index < -0.39 is 21.7 Å². The number of sulfonamides is 1. The number of amides is 1. The Hall–Kier alpha value is -3.47. The predicted molar refractivity (Wildman–Crippen MR) is 127 cm³/mol. The Kier molecular flexibility index (Phi) is 7.87. The van der Waals surface area contributed by atoms with Gasteiger partial charge in [-0.15, -0.1) is 0 Å². The van der Waals surface area contributed by atoms with Crippen molar-refractivity contribution in [2.45, 2.75) is 32.7 Å². The van der Waals surface area contributed by atoms with Crippen LogP contribution in [0.15, 0.2) is 47.6 Å². The molecule has 34 heavy (non-hydrogen) atoms. The molecule has 2 N–H and O–H groups in total. The highest BCUT2D eigenvalue weighted by Crippen LogP contribution is 2.28. The first-order chi connectivity index (χ1) is 16.1. The molecule has 3 rings (SSSR count). The minimum absolute atomic E-state index is 0.0724. The van der Waals surface area contributed by atoms with Crippen molar-refractivity contribution in [2.75, 3.05) is 24.6 Å². The lowest BCUT2D eigenvalue weighted by molar-refractivity contribution is 0.0981. The standard InChI is InChI=1S/C23H28FN5O4S/c1-5-29(6-2)22-19(23(30)28-34(31,32)21-9-10-25-27-21)7-8-20(26-22)16-11-17(24)13-18(12-16)33-14-15(3)4/h7-13,15H,5-6,14H2,1-4H3,(H,25,27)(H,28,30). The SMILES string of the molecule is CCN(CC)c1nc(-c2cc(F)cc(OCC(C)C)c2)ccc1C(=O)NS(=O)(=O)c1ccn[nH]1. The third kappa shape index (κ3) is 5.90. The van der Waals surface area contributed by atoms with Gasteiger partial charge in [0.05, 0.1) is 24.1 Å². The Labute approximate surface area is 198 Å². The number of H-pyrrole nitrogens is 1. The highest BCUT2D eigenvalue weighted by Gasteiger charge is 2.24. The molecule has 1 amide bonds. The molecular weight excluding hydrogens is 461 g/mol. The Morgan fingerprint density at radius 2 is 1.91 bits per heavy atom. The number of hydrogen-bond acceptors (Lipinski definition) is 7. The number of halogens is 1. The topological polar surface area (TPSA) is 117 Å². The van der Waals surface area contributed by atoms with Gasteiger partial charge >= 0.3 is 0 Å². The average Bonchev–Trinajstić information content (AvgIpc) is 3.34. The second-order valence-corrected chi connectivity index (χ2v) is 9.63. The molecule has 1 aromatic carbocycles. The number of benzene rings is 1. The second kappa shape index (κ2) is 10.6. The smallest absolute Gasteiger partial charge is 0.281 e. The van der Waals surface area contributed by atoms with Crippen LogP contribution in [0.25, 0.3) is 11.3 Å². The van der Waals surface area contributed by atoms with Crippen molar-refractivity contribution in [3.8, 4) is 17.0 Å². The molecule has 2 aromatic heterocycles. The number of carbonyl (C=O) groups excluding carboxylic acids is 1. The van der Waals surface area contributed by atoms with E-state index in [0.29, 0.717) is 36.7 Å². The number of nitrogens with one attached hydrogen (secondary N) is 2. The van der Waals surface area contributed by atoms with Gasteiger partial charge in [-0.1, -0.05) is 13.8 Å². The van der Waals surface area contributed by atoms with Crippen LogP contribution >= 0.6 is 0 Å². The zero-order chi connectivity index (χ0) is 24.9. The molecule has 11 heteroatoms. The molecule has 0 unspecified atom stereocenters. The maximum absolute atomic E-state index is 14.3. The molecule has 2 heterocycles. The first-order valence-corrected chi connectivity index (χ1v) is 12.4. The van der Waals surface area contributed by atoms with Gasteiger partial charge in [-0.2, -0.15) is 13.5 Å². The van der Waals surface area contributed by atoms with Crippen molar-refractivity contribution >= 4 is 21.7 Å². The van der Waals surface area contributed by atoms with E-state index in [-0.39, 0.29) is 22.3 Å². The van der Waals surface area contributed by atoms with Crippen LogP contribution in [0, 0.1) is 11.7 Å². The van der Waals surface area contributed by atoms with Crippen molar-refractivity contribution < 1.29 is 22.3 Å². The molecular formula is C23H28FN5O4S. The molecule has 0 spiro atoms. The zero-order valence-electron chi connectivity index (χ0n) is 19.5. The first-order valence-electron chi connectivity index (χ1n) is 10.9. The van der Waals surface area contributed by atoms with Gasteiger partial charge in [0, 0.05) is 24.7 Å². The summed E-state index contributed by atoms with van der Waals surface area (Å²) in [6.45, 7) is 9.24. The molecule has 0 saturated heterocycles. The summed E-state index contributed by atoms with van der Waals surface area (Å²) in [6.07, 6.45) is 1.27. The first kappa shape index (κ1) is 25.2. The van der Waals surface area contributed by atoms with E-state index in [0.717, 1.165) is 0 Å². The van der Waals surface area contributed by atoms with E-state index in [1.807, 2.05) is 37.3 Å². The Bertz CT molecular complexity index is 1240. The minimum Gasteiger partial charge on any atom is -0.493 e. The zero-order valence-corrected chi connectivity index (χ0v) is 20.3. The third-order valence-electron chi connectivity index (χ3n) is 4.92. The number of hydrogen-bond donors (Lipinski definition) is 2. The van der Waals surface area contributed by atoms with Crippen molar-refractivity contribution in [3.63, 3.8) is 0 Å². The molecule has 0 radical (unpaired) electrons. The van der Waals surface area contributed by atoms with Crippen molar-refractivity contribution in [1.82, 2.24) is 19.9 Å². The van der Waals surface area contributed by atoms with E-state index in [9.17, 15) is 17.6 Å². The van der Waals surface area contributed by atoms with Crippen LogP contribution in [0.3, 0.4) is 0 Å². The van der Waals surface area contributed by atoms with Gasteiger partial charge in [-0.3, -0.25) is 9.89 Å². The van der Waals surface area contributed by atoms with Crippen LogP contribution in [0.4, 0.5) is 10.2 Å². The second-order valence-electron chi connectivity index (χ2n) is 7.98. The quantitative estimate of drug-likeness (QED) is 0.447. The molecule has 0 bridgehead atoms. The molecule has 0 aliphatic rings. The molecule has 0 aliphatic heterocycles. The molecule has 0 fully saturated rings. The van der Waals surface area contributed by atoms with Gasteiger partial charge in [0.2, 0.25) is 0 Å². The normalized spacial score (nSPS) is 11.5. The maximum atomic E-state index is 14.3. The van der Waals surface area contributed by atoms with Crippen LogP contribution < -0.4 is 14.4 Å². The van der Waals surface area contributed by atoms with E-state index in [2.05, 4.69) is 15.2 Å². The number of aromatic amines is 1. The Morgan fingerprint density at radius 1 is 1.18 bits per heavy atom. The lowest BCUT2D eigenvalue weighted by atomic mass is 10.1. The van der Waals surface area contributed by atoms with Gasteiger partial charge in [0.25, 0.3) is 15.9 Å². The maximum Gasteiger partial charge on any atom is 0.281 e. The summed E-state index contributed by atoms with van der Waals surface area (Å²) < 4.78 is 47.0. The molecule has 0 aliphatic carbocycles. The summed E-state index contributed by atoms with van der Waals surface area (Å²) in [5, 5.41) is 5.70. The van der Waals surface area contributed by atoms with Gasteiger partial charge in [0.15, 0.2) is 5.03 Å². The summed E-state index contributed by atoms with van der Waals surface area (Å²) in [4.78, 5) is 19.4. The summed E-state index contributed by atoms with van der Waals surface area (Å²) >= 11 is 0. The van der Waals surface area contributed by atoms with Gasteiger partial charge in [-0.05, 0) is 50.1 Å². The number of pyridine rings is 1. The highest BCUT2D eigenvalue weighted by molar-refractivity contribution is 7.90. The highest BCUT2D eigenvalue weighted by atomic mass is 32.2. The summed E-state index contributed by atoms with van der Waals surface area (Å²) in [6, 6.07) is 8.59. The number of nitrogens with zero attached hydrogens (tertiary/aromatic N) is 3.